The summed E-state index contributed by atoms with van der Waals surface area (Å²) in [5.74, 6) is 0.525. The van der Waals surface area contributed by atoms with E-state index >= 15 is 0 Å². The minimum atomic E-state index is -0.953. The van der Waals surface area contributed by atoms with Crippen molar-refractivity contribution in [1.29, 1.82) is 0 Å². The van der Waals surface area contributed by atoms with E-state index < -0.39 is 17.9 Å². The van der Waals surface area contributed by atoms with Crippen LogP contribution in [0.2, 0.25) is 0 Å². The van der Waals surface area contributed by atoms with E-state index in [4.69, 9.17) is 16.2 Å². The van der Waals surface area contributed by atoms with Gasteiger partial charge in [-0.25, -0.2) is 9.18 Å². The van der Waals surface area contributed by atoms with Crippen LogP contribution < -0.4 is 16.4 Å². The number of guanidine groups is 1. The van der Waals surface area contributed by atoms with Gasteiger partial charge in [-0.3, -0.25) is 4.79 Å². The number of anilines is 1. The van der Waals surface area contributed by atoms with Gasteiger partial charge in [0.05, 0.1) is 5.69 Å². The lowest BCUT2D eigenvalue weighted by atomic mass is 9.79. The molecule has 0 aliphatic carbocycles. The minimum absolute atomic E-state index is 0.0368. The lowest BCUT2D eigenvalue weighted by Gasteiger charge is -2.47. The van der Waals surface area contributed by atoms with Crippen molar-refractivity contribution in [1.82, 2.24) is 4.90 Å². The summed E-state index contributed by atoms with van der Waals surface area (Å²) in [5, 5.41) is 0. The van der Waals surface area contributed by atoms with Gasteiger partial charge in [-0.05, 0) is 30.7 Å². The molecule has 2 amide bonds. The third kappa shape index (κ3) is 5.01. The summed E-state index contributed by atoms with van der Waals surface area (Å²) in [6, 6.07) is 5.04. The quantitative estimate of drug-likeness (QED) is 0.558. The highest BCUT2D eigenvalue weighted by atomic mass is 19.1. The molecule has 30 heavy (non-hydrogen) atoms. The average molecular weight is 420 g/mol. The molecule has 9 heteroatoms. The Labute approximate surface area is 176 Å². The van der Waals surface area contributed by atoms with Gasteiger partial charge >= 0.3 is 6.09 Å². The molecule has 2 heterocycles. The molecular formula is C21H30FN5O3. The van der Waals surface area contributed by atoms with Gasteiger partial charge in [0.2, 0.25) is 5.91 Å². The minimum Gasteiger partial charge on any atom is -0.443 e. The number of carbonyl (C=O) groups is 2. The zero-order valence-corrected chi connectivity index (χ0v) is 17.5. The third-order valence-electron chi connectivity index (χ3n) is 5.89. The number of amides is 2. The molecule has 2 aliphatic heterocycles. The van der Waals surface area contributed by atoms with Crippen molar-refractivity contribution in [2.75, 3.05) is 31.1 Å². The van der Waals surface area contributed by atoms with Gasteiger partial charge < -0.3 is 26.0 Å². The highest BCUT2D eigenvalue weighted by molar-refractivity contribution is 5.87. The number of carbonyl (C=O) groups excluding carboxylic acids is 2. The van der Waals surface area contributed by atoms with Crippen molar-refractivity contribution in [3.8, 4) is 0 Å². The molecule has 164 valence electrons. The molecule has 0 atom stereocenters. The fraction of sp³-hybridized carbons (Fsp3) is 0.571. The maximum atomic E-state index is 14.9. The zero-order valence-electron chi connectivity index (χ0n) is 17.5. The van der Waals surface area contributed by atoms with Crippen LogP contribution in [-0.2, 0) is 16.1 Å². The molecule has 8 nitrogen and oxygen atoms in total. The molecule has 0 unspecified atom stereocenters. The molecule has 2 saturated heterocycles. The fourth-order valence-electron chi connectivity index (χ4n) is 4.16. The van der Waals surface area contributed by atoms with Crippen molar-refractivity contribution in [3.05, 3.63) is 29.6 Å². The van der Waals surface area contributed by atoms with Crippen molar-refractivity contribution in [2.45, 2.75) is 33.3 Å². The Hall–Kier alpha value is -2.84. The molecule has 3 rings (SSSR count). The predicted octanol–water partition coefficient (Wildman–Crippen LogP) is 2.07. The first-order valence-corrected chi connectivity index (χ1v) is 10.3. The topological polar surface area (TPSA) is 114 Å². The molecule has 0 bridgehead atoms. The van der Waals surface area contributed by atoms with E-state index in [2.05, 4.69) is 4.99 Å². The molecule has 0 saturated carbocycles. The van der Waals surface area contributed by atoms with Crippen LogP contribution in [0.4, 0.5) is 14.9 Å². The monoisotopic (exact) mass is 419 g/mol. The summed E-state index contributed by atoms with van der Waals surface area (Å²) in [5.41, 5.74) is 11.0. The lowest BCUT2D eigenvalue weighted by molar-refractivity contribution is -0.136. The van der Waals surface area contributed by atoms with Crippen LogP contribution in [0.25, 0.3) is 0 Å². The molecule has 1 aromatic rings. The molecule has 4 N–H and O–H groups in total. The second-order valence-corrected chi connectivity index (χ2v) is 8.32. The maximum Gasteiger partial charge on any atom is 0.437 e. The Morgan fingerprint density at radius 2 is 1.87 bits per heavy atom. The fourth-order valence-corrected chi connectivity index (χ4v) is 4.16. The first kappa shape index (κ1) is 21.9. The molecule has 2 aliphatic rings. The number of aliphatic imine (C=N–C) groups is 1. The molecule has 1 aromatic carbocycles. The van der Waals surface area contributed by atoms with E-state index in [-0.39, 0.29) is 24.0 Å². The maximum absolute atomic E-state index is 14.9. The van der Waals surface area contributed by atoms with Gasteiger partial charge in [0.1, 0.15) is 6.61 Å². The second kappa shape index (κ2) is 9.32. The number of ether oxygens (including phenoxy) is 1. The number of halogens is 1. The number of hydrogen-bond donors (Lipinski definition) is 2. The summed E-state index contributed by atoms with van der Waals surface area (Å²) in [6.07, 6.45) is 1.05. The Balaban J connectivity index is 1.52. The number of hydrogen-bond acceptors (Lipinski definition) is 4. The van der Waals surface area contributed by atoms with Crippen molar-refractivity contribution >= 4 is 23.6 Å². The number of rotatable bonds is 5. The Morgan fingerprint density at radius 1 is 1.20 bits per heavy atom. The molecule has 2 fully saturated rings. The summed E-state index contributed by atoms with van der Waals surface area (Å²) < 4.78 is 19.8. The Bertz CT molecular complexity index is 811. The van der Waals surface area contributed by atoms with E-state index in [1.54, 1.807) is 18.2 Å². The SMILES string of the molecule is CC(C)C(=O)N1CCC(C2CN(c3cccc(COC(=O)N=C(N)N)c3F)C2)CC1. The van der Waals surface area contributed by atoms with Gasteiger partial charge in [-0.15, -0.1) is 4.99 Å². The van der Waals surface area contributed by atoms with Gasteiger partial charge in [0.25, 0.3) is 0 Å². The zero-order chi connectivity index (χ0) is 21.8. The predicted molar refractivity (Wildman–Crippen MR) is 112 cm³/mol. The van der Waals surface area contributed by atoms with Crippen molar-refractivity contribution in [2.24, 2.45) is 34.2 Å². The van der Waals surface area contributed by atoms with Crippen LogP contribution in [-0.4, -0.2) is 49.0 Å². The highest BCUT2D eigenvalue weighted by Gasteiger charge is 2.37. The molecule has 0 spiro atoms. The van der Waals surface area contributed by atoms with E-state index in [0.29, 0.717) is 17.5 Å². The highest BCUT2D eigenvalue weighted by Crippen LogP contribution is 2.36. The molecule has 0 aromatic heterocycles. The second-order valence-electron chi connectivity index (χ2n) is 8.32. The van der Waals surface area contributed by atoms with Crippen LogP contribution in [0, 0.1) is 23.6 Å². The number of nitrogens with two attached hydrogens (primary N) is 2. The largest absolute Gasteiger partial charge is 0.443 e. The standard InChI is InChI=1S/C21H30FN5O3/c1-13(2)19(28)26-8-6-14(7-9-26)16-10-27(11-16)17-5-3-4-15(18(17)22)12-30-21(29)25-20(23)24/h3-5,13-14,16H,6-12H2,1-2H3,(H4,23,24,25,29). The Kier molecular flexibility index (Phi) is 6.79. The molecule has 0 radical (unpaired) electrons. The van der Waals surface area contributed by atoms with Gasteiger partial charge in [-0.1, -0.05) is 26.0 Å². The number of likely N-dealkylation sites (tertiary alicyclic amines) is 1. The van der Waals surface area contributed by atoms with Crippen LogP contribution in [0.3, 0.4) is 0 Å². The van der Waals surface area contributed by atoms with Gasteiger partial charge in [0.15, 0.2) is 11.8 Å². The van der Waals surface area contributed by atoms with Crippen LogP contribution in [0.1, 0.15) is 32.3 Å². The van der Waals surface area contributed by atoms with Crippen molar-refractivity contribution in [3.63, 3.8) is 0 Å². The number of piperidine rings is 1. The van der Waals surface area contributed by atoms with Gasteiger partial charge in [0, 0.05) is 37.7 Å². The number of benzene rings is 1. The summed E-state index contributed by atoms with van der Waals surface area (Å²) >= 11 is 0. The summed E-state index contributed by atoms with van der Waals surface area (Å²) in [4.78, 5) is 30.8. The van der Waals surface area contributed by atoms with Crippen LogP contribution >= 0.6 is 0 Å². The average Bonchev–Trinajstić information content (AvgIpc) is 2.66. The van der Waals surface area contributed by atoms with Crippen molar-refractivity contribution < 1.29 is 18.7 Å². The normalized spacial score (nSPS) is 17.6. The summed E-state index contributed by atoms with van der Waals surface area (Å²) in [6.45, 7) is 6.82. The van der Waals surface area contributed by atoms with Gasteiger partial charge in [-0.2, -0.15) is 0 Å². The lowest BCUT2D eigenvalue weighted by Crippen LogP contribution is -2.53. The van der Waals surface area contributed by atoms with E-state index in [0.717, 1.165) is 39.0 Å². The number of nitrogens with zero attached hydrogens (tertiary/aromatic N) is 3. The van der Waals surface area contributed by atoms with Crippen LogP contribution in [0.15, 0.2) is 23.2 Å². The van der Waals surface area contributed by atoms with E-state index in [1.165, 1.54) is 0 Å². The Morgan fingerprint density at radius 3 is 2.47 bits per heavy atom. The summed E-state index contributed by atoms with van der Waals surface area (Å²) in [7, 11) is 0. The molecular weight excluding hydrogens is 389 g/mol. The third-order valence-corrected chi connectivity index (χ3v) is 5.89. The van der Waals surface area contributed by atoms with E-state index in [1.807, 2.05) is 23.6 Å². The first-order valence-electron chi connectivity index (χ1n) is 10.3. The first-order chi connectivity index (χ1) is 14.3. The van der Waals surface area contributed by atoms with Crippen LogP contribution in [0.5, 0.6) is 0 Å². The smallest absolute Gasteiger partial charge is 0.437 e. The van der Waals surface area contributed by atoms with E-state index in [9.17, 15) is 14.0 Å².